The summed E-state index contributed by atoms with van der Waals surface area (Å²) in [6, 6.07) is 14.5. The van der Waals surface area contributed by atoms with Gasteiger partial charge in [-0.25, -0.2) is 0 Å². The van der Waals surface area contributed by atoms with Crippen LogP contribution in [0.4, 0.5) is 5.82 Å². The zero-order valence-corrected chi connectivity index (χ0v) is 14.3. The third-order valence-corrected chi connectivity index (χ3v) is 5.28. The third kappa shape index (κ3) is 2.82. The molecule has 2 nitrogen and oxygen atoms in total. The second-order valence-corrected chi connectivity index (χ2v) is 6.90. The number of fused-ring (bicyclic) bond motifs is 1. The highest BCUT2D eigenvalue weighted by atomic mass is 35.5. The molecule has 0 unspecified atom stereocenters. The van der Waals surface area contributed by atoms with E-state index in [2.05, 4.69) is 39.8 Å². The lowest BCUT2D eigenvalue weighted by Crippen LogP contribution is -2.30. The topological polar surface area (TPSA) is 7.65 Å². The maximum atomic E-state index is 6.17. The molecule has 0 atom stereocenters. The van der Waals surface area contributed by atoms with E-state index in [4.69, 9.17) is 23.2 Å². The van der Waals surface area contributed by atoms with Crippen LogP contribution in [0.2, 0.25) is 10.0 Å². The molecule has 0 amide bonds. The Morgan fingerprint density at radius 3 is 2.39 bits per heavy atom. The Bertz CT molecular complexity index is 848. The smallest absolute Gasteiger partial charge is 0.113 e. The average molecular weight is 345 g/mol. The van der Waals surface area contributed by atoms with E-state index >= 15 is 0 Å². The molecule has 1 fully saturated rings. The van der Waals surface area contributed by atoms with Gasteiger partial charge in [-0.05, 0) is 55.2 Å². The second-order valence-electron chi connectivity index (χ2n) is 6.08. The normalized spacial score (nSPS) is 15.3. The van der Waals surface area contributed by atoms with Crippen LogP contribution in [0.25, 0.3) is 16.6 Å². The number of pyridine rings is 1. The molecule has 0 bridgehead atoms. The largest absolute Gasteiger partial charge is 0.358 e. The molecule has 1 aromatic carbocycles. The van der Waals surface area contributed by atoms with Gasteiger partial charge >= 0.3 is 0 Å². The highest BCUT2D eigenvalue weighted by Crippen LogP contribution is 2.31. The van der Waals surface area contributed by atoms with Gasteiger partial charge < -0.3 is 9.30 Å². The van der Waals surface area contributed by atoms with Gasteiger partial charge in [-0.1, -0.05) is 35.3 Å². The molecule has 0 radical (unpaired) electrons. The van der Waals surface area contributed by atoms with Gasteiger partial charge in [0.1, 0.15) is 5.82 Å². The van der Waals surface area contributed by atoms with Crippen molar-refractivity contribution in [1.82, 2.24) is 4.40 Å². The number of halogens is 2. The molecular weight excluding hydrogens is 327 g/mol. The number of rotatable bonds is 2. The summed E-state index contributed by atoms with van der Waals surface area (Å²) in [5.74, 6) is 1.27. The zero-order valence-electron chi connectivity index (χ0n) is 12.8. The Labute approximate surface area is 146 Å². The fourth-order valence-corrected chi connectivity index (χ4v) is 3.63. The first-order valence-corrected chi connectivity index (χ1v) is 8.79. The van der Waals surface area contributed by atoms with Crippen molar-refractivity contribution in [2.45, 2.75) is 19.3 Å². The second kappa shape index (κ2) is 6.10. The van der Waals surface area contributed by atoms with Crippen molar-refractivity contribution in [3.05, 3.63) is 58.7 Å². The molecule has 4 rings (SSSR count). The lowest BCUT2D eigenvalue weighted by atomic mass is 10.1. The monoisotopic (exact) mass is 344 g/mol. The van der Waals surface area contributed by atoms with Crippen LogP contribution in [0, 0.1) is 0 Å². The van der Waals surface area contributed by atoms with Crippen LogP contribution >= 0.6 is 23.2 Å². The number of aromatic nitrogens is 1. The van der Waals surface area contributed by atoms with Crippen LogP contribution in [-0.4, -0.2) is 17.5 Å². The van der Waals surface area contributed by atoms with Crippen molar-refractivity contribution in [3.8, 4) is 11.1 Å². The van der Waals surface area contributed by atoms with Gasteiger partial charge in [0.25, 0.3) is 0 Å². The summed E-state index contributed by atoms with van der Waals surface area (Å²) >= 11 is 12.2. The van der Waals surface area contributed by atoms with E-state index in [1.165, 1.54) is 30.6 Å². The summed E-state index contributed by atoms with van der Waals surface area (Å²) in [7, 11) is 0. The van der Waals surface area contributed by atoms with E-state index in [9.17, 15) is 0 Å². The minimum absolute atomic E-state index is 0.591. The molecule has 3 aromatic rings. The summed E-state index contributed by atoms with van der Waals surface area (Å²) in [5, 5.41) is 1.18. The first kappa shape index (κ1) is 14.9. The predicted octanol–water partition coefficient (Wildman–Crippen LogP) is 5.90. The van der Waals surface area contributed by atoms with Crippen LogP contribution < -0.4 is 4.90 Å². The van der Waals surface area contributed by atoms with Crippen molar-refractivity contribution >= 4 is 34.5 Å². The number of hydrogen-bond acceptors (Lipinski definition) is 1. The molecule has 4 heteroatoms. The highest BCUT2D eigenvalue weighted by Gasteiger charge is 2.14. The first-order chi connectivity index (χ1) is 11.2. The molecule has 3 heterocycles. The summed E-state index contributed by atoms with van der Waals surface area (Å²) in [6.45, 7) is 2.28. The van der Waals surface area contributed by atoms with E-state index in [1.807, 2.05) is 18.2 Å². The minimum atomic E-state index is 0.591. The Balaban J connectivity index is 1.79. The Morgan fingerprint density at radius 1 is 0.783 bits per heavy atom. The van der Waals surface area contributed by atoms with Crippen LogP contribution in [0.15, 0.2) is 48.7 Å². The van der Waals surface area contributed by atoms with E-state index < -0.39 is 0 Å². The third-order valence-electron chi connectivity index (χ3n) is 4.54. The fraction of sp³-hybridized carbons (Fsp3) is 0.263. The SMILES string of the molecule is Clc1ccc(-c2cc3cccc(N4CCCCC4)n3c2)cc1Cl. The van der Waals surface area contributed by atoms with Gasteiger partial charge in [-0.2, -0.15) is 0 Å². The van der Waals surface area contributed by atoms with Gasteiger partial charge in [-0.3, -0.25) is 0 Å². The average Bonchev–Trinajstić information content (AvgIpc) is 3.02. The number of hydrogen-bond donors (Lipinski definition) is 0. The quantitative estimate of drug-likeness (QED) is 0.561. The van der Waals surface area contributed by atoms with Crippen LogP contribution in [0.1, 0.15) is 19.3 Å². The van der Waals surface area contributed by atoms with Crippen LogP contribution in [0.3, 0.4) is 0 Å². The lowest BCUT2D eigenvalue weighted by Gasteiger charge is -2.29. The molecular formula is C19H18Cl2N2. The molecule has 1 aliphatic rings. The van der Waals surface area contributed by atoms with Gasteiger partial charge in [-0.15, -0.1) is 0 Å². The van der Waals surface area contributed by atoms with Crippen molar-refractivity contribution in [1.29, 1.82) is 0 Å². The number of anilines is 1. The van der Waals surface area contributed by atoms with E-state index in [-0.39, 0.29) is 0 Å². The minimum Gasteiger partial charge on any atom is -0.358 e. The number of benzene rings is 1. The van der Waals surface area contributed by atoms with Crippen molar-refractivity contribution in [2.24, 2.45) is 0 Å². The fourth-order valence-electron chi connectivity index (χ4n) is 3.33. The Hall–Kier alpha value is -1.64. The molecule has 23 heavy (non-hydrogen) atoms. The summed E-state index contributed by atoms with van der Waals surface area (Å²) in [4.78, 5) is 2.48. The zero-order chi connectivity index (χ0) is 15.8. The molecule has 0 N–H and O–H groups in total. The Kier molecular flexibility index (Phi) is 3.96. The molecule has 0 saturated carbocycles. The predicted molar refractivity (Wildman–Crippen MR) is 98.9 cm³/mol. The summed E-state index contributed by atoms with van der Waals surface area (Å²) in [5.41, 5.74) is 3.45. The van der Waals surface area contributed by atoms with Crippen molar-refractivity contribution < 1.29 is 0 Å². The van der Waals surface area contributed by atoms with Gasteiger partial charge in [0.05, 0.1) is 10.0 Å². The molecule has 1 aliphatic heterocycles. The number of nitrogens with zero attached hydrogens (tertiary/aromatic N) is 2. The van der Waals surface area contributed by atoms with Crippen LogP contribution in [-0.2, 0) is 0 Å². The van der Waals surface area contributed by atoms with E-state index in [0.717, 1.165) is 24.2 Å². The standard InChI is InChI=1S/C19H18Cl2N2/c20-17-8-7-14(12-18(17)21)15-11-16-5-4-6-19(23(16)13-15)22-9-2-1-3-10-22/h4-8,11-13H,1-3,9-10H2. The first-order valence-electron chi connectivity index (χ1n) is 8.04. The highest BCUT2D eigenvalue weighted by molar-refractivity contribution is 6.42. The molecule has 1 saturated heterocycles. The van der Waals surface area contributed by atoms with Crippen molar-refractivity contribution in [3.63, 3.8) is 0 Å². The van der Waals surface area contributed by atoms with Gasteiger partial charge in [0.2, 0.25) is 0 Å². The van der Waals surface area contributed by atoms with E-state index in [1.54, 1.807) is 0 Å². The molecule has 2 aromatic heterocycles. The number of piperidine rings is 1. The van der Waals surface area contributed by atoms with Crippen LogP contribution in [0.5, 0.6) is 0 Å². The van der Waals surface area contributed by atoms with Gasteiger partial charge in [0.15, 0.2) is 0 Å². The van der Waals surface area contributed by atoms with Crippen molar-refractivity contribution in [2.75, 3.05) is 18.0 Å². The maximum Gasteiger partial charge on any atom is 0.113 e. The molecule has 0 spiro atoms. The summed E-state index contributed by atoms with van der Waals surface area (Å²) < 4.78 is 2.28. The molecule has 118 valence electrons. The lowest BCUT2D eigenvalue weighted by molar-refractivity contribution is 0.572. The Morgan fingerprint density at radius 2 is 1.61 bits per heavy atom. The summed E-state index contributed by atoms with van der Waals surface area (Å²) in [6.07, 6.45) is 6.08. The van der Waals surface area contributed by atoms with Gasteiger partial charge in [0, 0.05) is 30.4 Å². The maximum absolute atomic E-state index is 6.17. The van der Waals surface area contributed by atoms with E-state index in [0.29, 0.717) is 10.0 Å². The molecule has 0 aliphatic carbocycles.